The average Bonchev–Trinajstić information content (AvgIpc) is 3.34. The van der Waals surface area contributed by atoms with Crippen molar-refractivity contribution in [2.24, 2.45) is 0 Å². The van der Waals surface area contributed by atoms with Crippen LogP contribution in [-0.2, 0) is 23.8 Å². The summed E-state index contributed by atoms with van der Waals surface area (Å²) in [6.45, 7) is 7.82. The van der Waals surface area contributed by atoms with Gasteiger partial charge in [0.15, 0.2) is 6.10 Å². The molecule has 68 heavy (non-hydrogen) atoms. The minimum absolute atomic E-state index is 0.0799. The number of hydrogen-bond donors (Lipinski definition) is 0. The van der Waals surface area contributed by atoms with Crippen molar-refractivity contribution in [2.45, 2.75) is 322 Å². The molecule has 0 saturated heterocycles. The van der Waals surface area contributed by atoms with E-state index in [-0.39, 0.29) is 25.2 Å². The zero-order valence-corrected chi connectivity index (χ0v) is 45.9. The zero-order valence-electron chi connectivity index (χ0n) is 45.9. The number of ether oxygens (including phenoxy) is 3. The smallest absolute Gasteiger partial charge is 0.306 e. The number of unbranched alkanes of at least 4 members (excludes halogenated alkanes) is 37. The van der Waals surface area contributed by atoms with Gasteiger partial charge in [0.25, 0.3) is 0 Å². The van der Waals surface area contributed by atoms with Crippen LogP contribution in [0.3, 0.4) is 0 Å². The lowest BCUT2D eigenvalue weighted by Crippen LogP contribution is -2.30. The number of carbonyl (C=O) groups excluding carboxylic acids is 2. The molecule has 5 heteroatoms. The normalized spacial score (nSPS) is 12.5. The third-order valence-corrected chi connectivity index (χ3v) is 13.3. The first-order valence-electron chi connectivity index (χ1n) is 30.2. The van der Waals surface area contributed by atoms with E-state index in [1.165, 1.54) is 225 Å². The standard InChI is InChI=1S/C63H116O5/c1-4-7-10-13-16-19-22-25-28-30-32-33-36-38-41-44-47-50-53-56-62(64)67-60-61(68-63(65)57-54-51-48-45-42-39-35-27-24-21-18-15-12-9-6-3)59-66-58-55-52-49-46-43-40-37-34-31-29-26-23-20-17-14-11-8-5-2/h18,21,25-29,35,61H,4-17,19-20,22-24,30-34,36-60H2,1-3H3/b21-18-,28-25-,29-26-,35-27-. The third kappa shape index (κ3) is 56.4. The van der Waals surface area contributed by atoms with Crippen molar-refractivity contribution in [1.82, 2.24) is 0 Å². The molecule has 0 radical (unpaired) electrons. The number of rotatable bonds is 56. The van der Waals surface area contributed by atoms with Gasteiger partial charge in [-0.1, -0.05) is 249 Å². The van der Waals surface area contributed by atoms with Crippen LogP contribution in [-0.4, -0.2) is 37.9 Å². The van der Waals surface area contributed by atoms with Gasteiger partial charge < -0.3 is 14.2 Å². The fraction of sp³-hybridized carbons (Fsp3) is 0.841. The molecule has 0 aromatic carbocycles. The average molecular weight is 954 g/mol. The van der Waals surface area contributed by atoms with E-state index in [0.717, 1.165) is 57.8 Å². The molecule has 0 N–H and O–H groups in total. The maximum Gasteiger partial charge on any atom is 0.306 e. The van der Waals surface area contributed by atoms with E-state index in [0.29, 0.717) is 19.4 Å². The minimum Gasteiger partial charge on any atom is -0.462 e. The molecule has 0 fully saturated rings. The van der Waals surface area contributed by atoms with Gasteiger partial charge in [0.1, 0.15) is 6.61 Å². The van der Waals surface area contributed by atoms with Gasteiger partial charge in [-0.2, -0.15) is 0 Å². The maximum atomic E-state index is 12.9. The minimum atomic E-state index is -0.545. The lowest BCUT2D eigenvalue weighted by Gasteiger charge is -2.18. The van der Waals surface area contributed by atoms with Gasteiger partial charge in [-0.15, -0.1) is 0 Å². The van der Waals surface area contributed by atoms with Crippen molar-refractivity contribution < 1.29 is 23.8 Å². The number of allylic oxidation sites excluding steroid dienone is 8. The second kappa shape index (κ2) is 59.2. The van der Waals surface area contributed by atoms with Crippen molar-refractivity contribution in [3.8, 4) is 0 Å². The predicted molar refractivity (Wildman–Crippen MR) is 298 cm³/mol. The van der Waals surface area contributed by atoms with Crippen LogP contribution in [0.2, 0.25) is 0 Å². The first-order chi connectivity index (χ1) is 33.6. The zero-order chi connectivity index (χ0) is 49.2. The molecule has 1 unspecified atom stereocenters. The molecule has 0 rings (SSSR count). The Morgan fingerprint density at radius 3 is 1.01 bits per heavy atom. The van der Waals surface area contributed by atoms with Crippen molar-refractivity contribution in [2.75, 3.05) is 19.8 Å². The van der Waals surface area contributed by atoms with Crippen LogP contribution in [0.15, 0.2) is 48.6 Å². The summed E-state index contributed by atoms with van der Waals surface area (Å²) in [5.41, 5.74) is 0. The molecule has 0 heterocycles. The quantitative estimate of drug-likeness (QED) is 0.0345. The van der Waals surface area contributed by atoms with E-state index in [1.807, 2.05) is 0 Å². The lowest BCUT2D eigenvalue weighted by atomic mass is 10.1. The Labute approximate surface area is 424 Å². The first-order valence-corrected chi connectivity index (χ1v) is 30.2. The molecule has 0 aliphatic carbocycles. The molecule has 1 atom stereocenters. The second-order valence-electron chi connectivity index (χ2n) is 20.2. The Hall–Kier alpha value is -2.14. The molecule has 0 aliphatic heterocycles. The highest BCUT2D eigenvalue weighted by Crippen LogP contribution is 2.16. The Kier molecular flexibility index (Phi) is 57.3. The van der Waals surface area contributed by atoms with E-state index in [1.54, 1.807) is 0 Å². The van der Waals surface area contributed by atoms with Crippen LogP contribution >= 0.6 is 0 Å². The van der Waals surface area contributed by atoms with E-state index in [4.69, 9.17) is 14.2 Å². The highest BCUT2D eigenvalue weighted by molar-refractivity contribution is 5.70. The van der Waals surface area contributed by atoms with Crippen LogP contribution in [0.25, 0.3) is 0 Å². The van der Waals surface area contributed by atoms with Crippen molar-refractivity contribution >= 4 is 11.9 Å². The fourth-order valence-corrected chi connectivity index (χ4v) is 8.77. The molecule has 398 valence electrons. The molecule has 0 amide bonds. The van der Waals surface area contributed by atoms with Crippen molar-refractivity contribution in [1.29, 1.82) is 0 Å². The van der Waals surface area contributed by atoms with Crippen LogP contribution in [0.5, 0.6) is 0 Å². The molecular formula is C63H116O5. The van der Waals surface area contributed by atoms with E-state index in [2.05, 4.69) is 69.4 Å². The summed E-state index contributed by atoms with van der Waals surface area (Å²) in [5.74, 6) is -0.402. The highest BCUT2D eigenvalue weighted by Gasteiger charge is 2.17. The van der Waals surface area contributed by atoms with Gasteiger partial charge in [0.2, 0.25) is 0 Å². The number of esters is 2. The van der Waals surface area contributed by atoms with Gasteiger partial charge in [-0.3, -0.25) is 9.59 Å². The second-order valence-corrected chi connectivity index (χ2v) is 20.2. The largest absolute Gasteiger partial charge is 0.462 e. The van der Waals surface area contributed by atoms with Crippen LogP contribution in [0.1, 0.15) is 316 Å². The Bertz CT molecular complexity index is 1120. The predicted octanol–water partition coefficient (Wildman–Crippen LogP) is 20.7. The van der Waals surface area contributed by atoms with Gasteiger partial charge in [0.05, 0.1) is 6.61 Å². The topological polar surface area (TPSA) is 61.8 Å². The van der Waals surface area contributed by atoms with Gasteiger partial charge in [0, 0.05) is 19.4 Å². The summed E-state index contributed by atoms with van der Waals surface area (Å²) in [6, 6.07) is 0. The molecule has 5 nitrogen and oxygen atoms in total. The summed E-state index contributed by atoms with van der Waals surface area (Å²) in [7, 11) is 0. The molecule has 0 saturated carbocycles. The van der Waals surface area contributed by atoms with E-state index in [9.17, 15) is 9.59 Å². The molecule has 0 bridgehead atoms. The first kappa shape index (κ1) is 65.9. The third-order valence-electron chi connectivity index (χ3n) is 13.3. The van der Waals surface area contributed by atoms with Crippen LogP contribution in [0, 0.1) is 0 Å². The van der Waals surface area contributed by atoms with E-state index >= 15 is 0 Å². The van der Waals surface area contributed by atoms with Crippen molar-refractivity contribution in [3.63, 3.8) is 0 Å². The summed E-state index contributed by atoms with van der Waals surface area (Å²) in [5, 5.41) is 0. The van der Waals surface area contributed by atoms with Gasteiger partial charge in [-0.05, 0) is 103 Å². The maximum absolute atomic E-state index is 12.9. The van der Waals surface area contributed by atoms with Crippen molar-refractivity contribution in [3.05, 3.63) is 48.6 Å². The van der Waals surface area contributed by atoms with Gasteiger partial charge >= 0.3 is 11.9 Å². The summed E-state index contributed by atoms with van der Waals surface area (Å²) >= 11 is 0. The molecule has 0 spiro atoms. The SMILES string of the molecule is CCCCC/C=C\C/C=C\CCCCCCCC(=O)OC(COCCCCCCCCCC/C=C\CCCCCCCC)COC(=O)CCCCCCCCCCC/C=C\CCCCCCCC. The van der Waals surface area contributed by atoms with Crippen LogP contribution < -0.4 is 0 Å². The Morgan fingerprint density at radius 2 is 0.618 bits per heavy atom. The van der Waals surface area contributed by atoms with E-state index < -0.39 is 6.10 Å². The highest BCUT2D eigenvalue weighted by atomic mass is 16.6. The summed E-state index contributed by atoms with van der Waals surface area (Å²) in [4.78, 5) is 25.5. The molecule has 0 aliphatic rings. The van der Waals surface area contributed by atoms with Crippen LogP contribution in [0.4, 0.5) is 0 Å². The fourth-order valence-electron chi connectivity index (χ4n) is 8.77. The molecule has 0 aromatic rings. The number of carbonyl (C=O) groups is 2. The lowest BCUT2D eigenvalue weighted by molar-refractivity contribution is -0.163. The monoisotopic (exact) mass is 953 g/mol. The Balaban J connectivity index is 4.26. The van der Waals surface area contributed by atoms with Gasteiger partial charge in [-0.25, -0.2) is 0 Å². The summed E-state index contributed by atoms with van der Waals surface area (Å²) < 4.78 is 17.5. The summed E-state index contributed by atoms with van der Waals surface area (Å²) in [6.07, 6.45) is 74.2. The molecular weight excluding hydrogens is 837 g/mol. The number of hydrogen-bond acceptors (Lipinski definition) is 5. The molecule has 0 aromatic heterocycles. The Morgan fingerprint density at radius 1 is 0.324 bits per heavy atom.